The highest BCUT2D eigenvalue weighted by atomic mass is 16.5. The quantitative estimate of drug-likeness (QED) is 0.917. The predicted octanol–water partition coefficient (Wildman–Crippen LogP) is 2.13. The van der Waals surface area contributed by atoms with E-state index in [1.165, 1.54) is 17.3 Å². The van der Waals surface area contributed by atoms with E-state index in [1.54, 1.807) is 6.07 Å². The molecule has 1 N–H and O–H groups in total. The van der Waals surface area contributed by atoms with Gasteiger partial charge in [0.15, 0.2) is 5.75 Å². The summed E-state index contributed by atoms with van der Waals surface area (Å²) in [7, 11) is 0. The number of ether oxygens (including phenoxy) is 2. The van der Waals surface area contributed by atoms with Gasteiger partial charge >= 0.3 is 6.09 Å². The smallest absolute Gasteiger partial charge is 0.407 e. The van der Waals surface area contributed by atoms with Gasteiger partial charge in [-0.05, 0) is 6.07 Å². The van der Waals surface area contributed by atoms with E-state index in [0.29, 0.717) is 24.5 Å². The van der Waals surface area contributed by atoms with Crippen molar-refractivity contribution in [3.05, 3.63) is 24.0 Å². The summed E-state index contributed by atoms with van der Waals surface area (Å²) in [4.78, 5) is 16.9. The Balaban J connectivity index is 2.34. The van der Waals surface area contributed by atoms with Crippen molar-refractivity contribution < 1.29 is 19.4 Å². The molecule has 2 rings (SSSR count). The standard InChI is InChI=1S/C16H21N3O4/c1-16(2,3)14(12-10-22-7-6-19(12)15(20)21)23-13-9-18-5-4-11(13)8-17/h4-5,9,12,14H,6-7,10H2,1-3H3,(H,20,21)/t12-,14?/m0/s1. The average Bonchev–Trinajstić information content (AvgIpc) is 2.51. The van der Waals surface area contributed by atoms with Gasteiger partial charge in [-0.15, -0.1) is 0 Å². The van der Waals surface area contributed by atoms with Gasteiger partial charge < -0.3 is 14.6 Å². The first-order valence-corrected chi connectivity index (χ1v) is 7.42. The molecule has 0 bridgehead atoms. The Morgan fingerprint density at radius 1 is 1.61 bits per heavy atom. The van der Waals surface area contributed by atoms with E-state index in [1.807, 2.05) is 20.8 Å². The maximum atomic E-state index is 11.5. The summed E-state index contributed by atoms with van der Waals surface area (Å²) < 4.78 is 11.5. The number of nitriles is 1. The summed E-state index contributed by atoms with van der Waals surface area (Å²) >= 11 is 0. The van der Waals surface area contributed by atoms with E-state index in [9.17, 15) is 15.2 Å². The first-order valence-electron chi connectivity index (χ1n) is 7.42. The predicted molar refractivity (Wildman–Crippen MR) is 82.2 cm³/mol. The number of morpholine rings is 1. The lowest BCUT2D eigenvalue weighted by Gasteiger charge is -2.43. The summed E-state index contributed by atoms with van der Waals surface area (Å²) in [6.45, 7) is 6.83. The number of hydrogen-bond donors (Lipinski definition) is 1. The molecular weight excluding hydrogens is 298 g/mol. The molecule has 1 aliphatic rings. The van der Waals surface area contributed by atoms with Crippen molar-refractivity contribution in [1.29, 1.82) is 5.26 Å². The molecule has 0 radical (unpaired) electrons. The van der Waals surface area contributed by atoms with Gasteiger partial charge in [0.25, 0.3) is 0 Å². The average molecular weight is 319 g/mol. The number of nitrogens with zero attached hydrogens (tertiary/aromatic N) is 3. The molecule has 1 amide bonds. The molecule has 7 heteroatoms. The molecule has 0 aliphatic carbocycles. The third kappa shape index (κ3) is 3.90. The van der Waals surface area contributed by atoms with Crippen LogP contribution in [-0.4, -0.2) is 53.0 Å². The molecule has 1 aliphatic heterocycles. The minimum Gasteiger partial charge on any atom is -0.485 e. The number of rotatable bonds is 3. The van der Waals surface area contributed by atoms with Crippen molar-refractivity contribution in [3.63, 3.8) is 0 Å². The Morgan fingerprint density at radius 3 is 2.96 bits per heavy atom. The van der Waals surface area contributed by atoms with Crippen molar-refractivity contribution in [2.45, 2.75) is 32.9 Å². The molecule has 23 heavy (non-hydrogen) atoms. The zero-order valence-corrected chi connectivity index (χ0v) is 13.5. The van der Waals surface area contributed by atoms with Crippen LogP contribution in [0.4, 0.5) is 4.79 Å². The highest BCUT2D eigenvalue weighted by Crippen LogP contribution is 2.31. The topological polar surface area (TPSA) is 95.7 Å². The fourth-order valence-electron chi connectivity index (χ4n) is 2.65. The van der Waals surface area contributed by atoms with Crippen LogP contribution in [0.25, 0.3) is 0 Å². The van der Waals surface area contributed by atoms with Gasteiger partial charge in [-0.25, -0.2) is 4.79 Å². The Hall–Kier alpha value is -2.33. The zero-order chi connectivity index (χ0) is 17.0. The first-order chi connectivity index (χ1) is 10.8. The molecule has 1 fully saturated rings. The van der Waals surface area contributed by atoms with Gasteiger partial charge in [0.2, 0.25) is 0 Å². The normalized spacial score (nSPS) is 19.7. The maximum absolute atomic E-state index is 11.5. The second-order valence-corrected chi connectivity index (χ2v) is 6.51. The van der Waals surface area contributed by atoms with Crippen molar-refractivity contribution in [2.24, 2.45) is 5.41 Å². The number of carboxylic acid groups (broad SMARTS) is 1. The second kappa shape index (κ2) is 6.84. The molecule has 0 saturated carbocycles. The van der Waals surface area contributed by atoms with Crippen LogP contribution in [0.2, 0.25) is 0 Å². The van der Waals surface area contributed by atoms with Crippen LogP contribution in [0, 0.1) is 16.7 Å². The van der Waals surface area contributed by atoms with Crippen molar-refractivity contribution in [1.82, 2.24) is 9.88 Å². The molecule has 7 nitrogen and oxygen atoms in total. The summed E-state index contributed by atoms with van der Waals surface area (Å²) in [5.41, 5.74) is 0.00889. The molecule has 1 saturated heterocycles. The van der Waals surface area contributed by atoms with E-state index in [-0.39, 0.29) is 12.0 Å². The lowest BCUT2D eigenvalue weighted by molar-refractivity contribution is -0.0697. The van der Waals surface area contributed by atoms with Crippen LogP contribution in [0.1, 0.15) is 26.3 Å². The van der Waals surface area contributed by atoms with E-state index < -0.39 is 18.2 Å². The van der Waals surface area contributed by atoms with E-state index >= 15 is 0 Å². The number of hydrogen-bond acceptors (Lipinski definition) is 5. The summed E-state index contributed by atoms with van der Waals surface area (Å²) in [5, 5.41) is 18.6. The minimum absolute atomic E-state index is 0.260. The molecular formula is C16H21N3O4. The molecule has 124 valence electrons. The highest BCUT2D eigenvalue weighted by Gasteiger charge is 2.41. The van der Waals surface area contributed by atoms with Crippen LogP contribution >= 0.6 is 0 Å². The molecule has 2 heterocycles. The van der Waals surface area contributed by atoms with Crippen molar-refractivity contribution in [3.8, 4) is 11.8 Å². The van der Waals surface area contributed by atoms with Crippen LogP contribution in [-0.2, 0) is 4.74 Å². The maximum Gasteiger partial charge on any atom is 0.407 e. The molecule has 0 aromatic carbocycles. The largest absolute Gasteiger partial charge is 0.485 e. The highest BCUT2D eigenvalue weighted by molar-refractivity contribution is 5.65. The van der Waals surface area contributed by atoms with E-state index in [4.69, 9.17) is 9.47 Å². The number of aromatic nitrogens is 1. The Labute approximate surface area is 135 Å². The summed E-state index contributed by atoms with van der Waals surface area (Å²) in [5.74, 6) is 0.353. The monoisotopic (exact) mass is 319 g/mol. The van der Waals surface area contributed by atoms with Crippen molar-refractivity contribution >= 4 is 6.09 Å². The fourth-order valence-corrected chi connectivity index (χ4v) is 2.65. The molecule has 1 aromatic rings. The molecule has 2 atom stereocenters. The minimum atomic E-state index is -0.997. The van der Waals surface area contributed by atoms with Gasteiger partial charge in [-0.2, -0.15) is 5.26 Å². The van der Waals surface area contributed by atoms with Gasteiger partial charge in [0.1, 0.15) is 12.2 Å². The van der Waals surface area contributed by atoms with Gasteiger partial charge in [0, 0.05) is 18.2 Å². The van der Waals surface area contributed by atoms with Crippen LogP contribution in [0.15, 0.2) is 18.5 Å². The second-order valence-electron chi connectivity index (χ2n) is 6.51. The fraction of sp³-hybridized carbons (Fsp3) is 0.562. The first kappa shape index (κ1) is 17.0. The lowest BCUT2D eigenvalue weighted by atomic mass is 9.83. The van der Waals surface area contributed by atoms with Crippen LogP contribution in [0.5, 0.6) is 5.75 Å². The number of carbonyl (C=O) groups is 1. The van der Waals surface area contributed by atoms with Gasteiger partial charge in [-0.1, -0.05) is 20.8 Å². The summed E-state index contributed by atoms with van der Waals surface area (Å²) in [6, 6.07) is 3.18. The van der Waals surface area contributed by atoms with Gasteiger partial charge in [-0.3, -0.25) is 9.88 Å². The third-order valence-corrected chi connectivity index (χ3v) is 3.77. The Bertz CT molecular complexity index is 606. The zero-order valence-electron chi connectivity index (χ0n) is 13.5. The SMILES string of the molecule is CC(C)(C)C(Oc1cnccc1C#N)[C@@H]1COCCN1C(=O)O. The number of amides is 1. The lowest BCUT2D eigenvalue weighted by Crippen LogP contribution is -2.58. The summed E-state index contributed by atoms with van der Waals surface area (Å²) in [6.07, 6.45) is 1.52. The van der Waals surface area contributed by atoms with Crippen molar-refractivity contribution in [2.75, 3.05) is 19.8 Å². The van der Waals surface area contributed by atoms with Gasteiger partial charge in [0.05, 0.1) is 31.0 Å². The van der Waals surface area contributed by atoms with E-state index in [2.05, 4.69) is 11.1 Å². The Morgan fingerprint density at radius 2 is 2.35 bits per heavy atom. The van der Waals surface area contributed by atoms with E-state index in [0.717, 1.165) is 0 Å². The molecule has 1 unspecified atom stereocenters. The third-order valence-electron chi connectivity index (χ3n) is 3.77. The number of pyridine rings is 1. The van der Waals surface area contributed by atoms with Crippen LogP contribution < -0.4 is 4.74 Å². The molecule has 1 aromatic heterocycles. The Kier molecular flexibility index (Phi) is 5.06. The van der Waals surface area contributed by atoms with Crippen LogP contribution in [0.3, 0.4) is 0 Å². The molecule has 0 spiro atoms.